The number of methoxy groups -OCH3 is 1. The third-order valence-electron chi connectivity index (χ3n) is 6.48. The summed E-state index contributed by atoms with van der Waals surface area (Å²) in [4.78, 5) is 29.2. The number of amides is 2. The lowest BCUT2D eigenvalue weighted by atomic mass is 9.80. The van der Waals surface area contributed by atoms with Crippen molar-refractivity contribution >= 4 is 46.6 Å². The topological polar surface area (TPSA) is 61.9 Å². The standard InChI is InChI=1S/C25H26FN3O3S/c1-14-13-25(2,3)28(4)21-12-20(26)15(10-18(14)21)11-19-22(30)27-24(33)29(23(19)31)16-6-8-17(32-5)9-7-16/h6-12,14H,13H2,1-5H3,(H,27,30,33)/b19-11-. The number of carbonyl (C=O) groups excluding carboxylic acids is 2. The number of nitrogens with one attached hydrogen (secondary N) is 1. The number of thiocarbonyl (C=S) groups is 1. The Morgan fingerprint density at radius 1 is 1.21 bits per heavy atom. The molecule has 8 heteroatoms. The highest BCUT2D eigenvalue weighted by Crippen LogP contribution is 2.43. The molecule has 2 aliphatic rings. The fourth-order valence-electron chi connectivity index (χ4n) is 4.49. The SMILES string of the molecule is COc1ccc(N2C(=O)/C(=C\c3cc4c(cc3F)N(C)C(C)(C)CC4C)C(=O)NC2=S)cc1. The first-order chi connectivity index (χ1) is 15.5. The van der Waals surface area contributed by atoms with Gasteiger partial charge in [0.15, 0.2) is 5.11 Å². The molecule has 2 heterocycles. The second-order valence-electron chi connectivity index (χ2n) is 9.07. The highest BCUT2D eigenvalue weighted by Gasteiger charge is 2.37. The van der Waals surface area contributed by atoms with Crippen LogP contribution in [0.25, 0.3) is 6.08 Å². The summed E-state index contributed by atoms with van der Waals surface area (Å²) in [5, 5.41) is 2.50. The molecule has 1 N–H and O–H groups in total. The van der Waals surface area contributed by atoms with Crippen molar-refractivity contribution in [1.82, 2.24) is 5.32 Å². The second-order valence-corrected chi connectivity index (χ2v) is 9.45. The first-order valence-electron chi connectivity index (χ1n) is 10.7. The van der Waals surface area contributed by atoms with Gasteiger partial charge in [-0.3, -0.25) is 19.8 Å². The predicted molar refractivity (Wildman–Crippen MR) is 131 cm³/mol. The molecule has 2 aromatic carbocycles. The average molecular weight is 468 g/mol. The number of hydrogen-bond acceptors (Lipinski definition) is 5. The van der Waals surface area contributed by atoms with Crippen molar-refractivity contribution in [3.05, 3.63) is 58.9 Å². The van der Waals surface area contributed by atoms with E-state index in [4.69, 9.17) is 17.0 Å². The van der Waals surface area contributed by atoms with Crippen LogP contribution in [0.15, 0.2) is 42.0 Å². The smallest absolute Gasteiger partial charge is 0.270 e. The van der Waals surface area contributed by atoms with Crippen LogP contribution in [0.2, 0.25) is 0 Å². The number of anilines is 2. The fraction of sp³-hybridized carbons (Fsp3) is 0.320. The Kier molecular flexibility index (Phi) is 5.74. The number of nitrogens with zero attached hydrogens (tertiary/aromatic N) is 2. The Morgan fingerprint density at radius 3 is 2.52 bits per heavy atom. The molecule has 0 spiro atoms. The van der Waals surface area contributed by atoms with E-state index in [1.54, 1.807) is 37.4 Å². The Labute approximate surface area is 198 Å². The molecule has 33 heavy (non-hydrogen) atoms. The van der Waals surface area contributed by atoms with Crippen LogP contribution < -0.4 is 19.9 Å². The third-order valence-corrected chi connectivity index (χ3v) is 6.77. The lowest BCUT2D eigenvalue weighted by Gasteiger charge is -2.45. The van der Waals surface area contributed by atoms with E-state index < -0.39 is 17.6 Å². The number of fused-ring (bicyclic) bond motifs is 1. The van der Waals surface area contributed by atoms with Crippen LogP contribution in [0, 0.1) is 5.82 Å². The van der Waals surface area contributed by atoms with Crippen LogP contribution in [0.5, 0.6) is 5.75 Å². The van der Waals surface area contributed by atoms with Crippen molar-refractivity contribution in [1.29, 1.82) is 0 Å². The van der Waals surface area contributed by atoms with Gasteiger partial charge in [-0.05, 0) is 86.4 Å². The molecule has 0 bridgehead atoms. The molecular formula is C25H26FN3O3S. The Hall–Kier alpha value is -3.26. The fourth-order valence-corrected chi connectivity index (χ4v) is 4.77. The Balaban J connectivity index is 1.75. The number of ether oxygens (including phenoxy) is 1. The number of rotatable bonds is 3. The van der Waals surface area contributed by atoms with Gasteiger partial charge in [0.2, 0.25) is 0 Å². The molecule has 2 amide bonds. The largest absolute Gasteiger partial charge is 0.497 e. The van der Waals surface area contributed by atoms with E-state index in [9.17, 15) is 9.59 Å². The zero-order valence-electron chi connectivity index (χ0n) is 19.2. The number of halogens is 1. The molecule has 0 radical (unpaired) electrons. The van der Waals surface area contributed by atoms with E-state index in [1.807, 2.05) is 7.05 Å². The van der Waals surface area contributed by atoms with Gasteiger partial charge in [-0.25, -0.2) is 4.39 Å². The molecule has 1 unspecified atom stereocenters. The lowest BCUT2D eigenvalue weighted by Crippen LogP contribution is -2.54. The van der Waals surface area contributed by atoms with Gasteiger partial charge in [0.25, 0.3) is 11.8 Å². The van der Waals surface area contributed by atoms with Crippen LogP contribution in [0.3, 0.4) is 0 Å². The van der Waals surface area contributed by atoms with Crippen molar-refractivity contribution < 1.29 is 18.7 Å². The highest BCUT2D eigenvalue weighted by atomic mass is 32.1. The van der Waals surface area contributed by atoms with Crippen molar-refractivity contribution in [3.8, 4) is 5.75 Å². The van der Waals surface area contributed by atoms with Crippen molar-refractivity contribution in [2.45, 2.75) is 38.6 Å². The highest BCUT2D eigenvalue weighted by molar-refractivity contribution is 7.80. The molecule has 2 aromatic rings. The molecule has 1 fully saturated rings. The maximum atomic E-state index is 15.2. The number of hydrogen-bond donors (Lipinski definition) is 1. The Morgan fingerprint density at radius 2 is 1.88 bits per heavy atom. The van der Waals surface area contributed by atoms with Crippen LogP contribution in [-0.2, 0) is 9.59 Å². The number of benzene rings is 2. The molecule has 0 saturated carbocycles. The summed E-state index contributed by atoms with van der Waals surface area (Å²) in [6.07, 6.45) is 2.20. The van der Waals surface area contributed by atoms with Crippen LogP contribution in [0.4, 0.5) is 15.8 Å². The van der Waals surface area contributed by atoms with Crippen molar-refractivity contribution in [2.24, 2.45) is 0 Å². The van der Waals surface area contributed by atoms with Gasteiger partial charge >= 0.3 is 0 Å². The van der Waals surface area contributed by atoms with Crippen molar-refractivity contribution in [2.75, 3.05) is 24.0 Å². The molecular weight excluding hydrogens is 441 g/mol. The minimum Gasteiger partial charge on any atom is -0.497 e. The van der Waals surface area contributed by atoms with Gasteiger partial charge in [0.1, 0.15) is 17.1 Å². The summed E-state index contributed by atoms with van der Waals surface area (Å²) in [5.41, 5.74) is 2.17. The molecule has 1 saturated heterocycles. The molecule has 2 aliphatic heterocycles. The monoisotopic (exact) mass is 467 g/mol. The molecule has 6 nitrogen and oxygen atoms in total. The maximum absolute atomic E-state index is 15.2. The summed E-state index contributed by atoms with van der Waals surface area (Å²) in [6.45, 7) is 6.36. The van der Waals surface area contributed by atoms with Crippen LogP contribution in [-0.4, -0.2) is 36.6 Å². The van der Waals surface area contributed by atoms with Gasteiger partial charge in [0.05, 0.1) is 12.8 Å². The zero-order valence-corrected chi connectivity index (χ0v) is 20.0. The molecule has 172 valence electrons. The first-order valence-corrected chi connectivity index (χ1v) is 11.1. The third kappa shape index (κ3) is 3.99. The minimum absolute atomic E-state index is 0.0318. The molecule has 0 aliphatic carbocycles. The van der Waals surface area contributed by atoms with Crippen LogP contribution >= 0.6 is 12.2 Å². The van der Waals surface area contributed by atoms with E-state index in [-0.39, 0.29) is 27.7 Å². The number of carbonyl (C=O) groups is 2. The van der Waals surface area contributed by atoms with Gasteiger partial charge in [0, 0.05) is 23.8 Å². The second kappa shape index (κ2) is 8.26. The summed E-state index contributed by atoms with van der Waals surface area (Å²) in [6, 6.07) is 9.92. The molecule has 4 rings (SSSR count). The lowest BCUT2D eigenvalue weighted by molar-refractivity contribution is -0.122. The van der Waals surface area contributed by atoms with E-state index in [1.165, 1.54) is 17.0 Å². The zero-order chi connectivity index (χ0) is 24.1. The van der Waals surface area contributed by atoms with Crippen molar-refractivity contribution in [3.63, 3.8) is 0 Å². The minimum atomic E-state index is -0.654. The average Bonchev–Trinajstić information content (AvgIpc) is 2.75. The van der Waals surface area contributed by atoms with E-state index >= 15 is 4.39 Å². The van der Waals surface area contributed by atoms with Gasteiger partial charge in [-0.15, -0.1) is 0 Å². The van der Waals surface area contributed by atoms with E-state index in [0.29, 0.717) is 11.4 Å². The summed E-state index contributed by atoms with van der Waals surface area (Å²) in [7, 11) is 3.49. The normalized spacial score (nSPS) is 21.2. The maximum Gasteiger partial charge on any atom is 0.270 e. The molecule has 1 atom stereocenters. The molecule has 0 aromatic heterocycles. The van der Waals surface area contributed by atoms with Gasteiger partial charge in [-0.2, -0.15) is 0 Å². The Bertz CT molecular complexity index is 1190. The van der Waals surface area contributed by atoms with E-state index in [2.05, 4.69) is 31.0 Å². The quantitative estimate of drug-likeness (QED) is 0.412. The van der Waals surface area contributed by atoms with Gasteiger partial charge < -0.3 is 9.64 Å². The van der Waals surface area contributed by atoms with E-state index in [0.717, 1.165) is 17.7 Å². The summed E-state index contributed by atoms with van der Waals surface area (Å²) >= 11 is 5.23. The first kappa shape index (κ1) is 22.9. The summed E-state index contributed by atoms with van der Waals surface area (Å²) in [5.74, 6) is -0.950. The predicted octanol–water partition coefficient (Wildman–Crippen LogP) is 4.39. The van der Waals surface area contributed by atoms with Gasteiger partial charge in [-0.1, -0.05) is 6.92 Å². The summed E-state index contributed by atoms with van der Waals surface area (Å²) < 4.78 is 20.3. The van der Waals surface area contributed by atoms with Crippen LogP contribution in [0.1, 0.15) is 44.2 Å².